The minimum absolute atomic E-state index is 0.370. The first-order valence-corrected chi connectivity index (χ1v) is 7.47. The third-order valence-electron chi connectivity index (χ3n) is 4.38. The molecule has 1 heterocycles. The Labute approximate surface area is 106 Å². The Hall–Kier alpha value is -0.120. The van der Waals surface area contributed by atoms with Crippen molar-refractivity contribution in [2.45, 2.75) is 57.5 Å². The minimum atomic E-state index is 0.370. The molecule has 1 saturated carbocycles. The molecule has 0 bridgehead atoms. The largest absolute Gasteiger partial charge is 0.328 e. The maximum Gasteiger partial charge on any atom is 0.0113 e. The summed E-state index contributed by atoms with van der Waals surface area (Å²) in [7, 11) is 0. The van der Waals surface area contributed by atoms with Crippen LogP contribution in [0.3, 0.4) is 0 Å². The van der Waals surface area contributed by atoms with Crippen LogP contribution < -0.4 is 5.73 Å². The summed E-state index contributed by atoms with van der Waals surface area (Å²) in [6.45, 7) is 8.49. The number of nitrogens with zero attached hydrogens (tertiary/aromatic N) is 2. The standard InChI is InChI=1S/C14H29N3/c1-13(15)5-4-8-16-9-11-17(12-10-16)14-6-2-3-7-14/h13-14H,2-12,15H2,1H3. The van der Waals surface area contributed by atoms with Gasteiger partial charge < -0.3 is 10.6 Å². The molecule has 2 N–H and O–H groups in total. The van der Waals surface area contributed by atoms with E-state index < -0.39 is 0 Å². The van der Waals surface area contributed by atoms with Crippen LogP contribution in [0.15, 0.2) is 0 Å². The molecule has 1 aliphatic carbocycles. The van der Waals surface area contributed by atoms with E-state index >= 15 is 0 Å². The van der Waals surface area contributed by atoms with Crippen molar-refractivity contribution in [3.05, 3.63) is 0 Å². The lowest BCUT2D eigenvalue weighted by molar-refractivity contribution is 0.0966. The summed E-state index contributed by atoms with van der Waals surface area (Å²) in [5.74, 6) is 0. The van der Waals surface area contributed by atoms with Gasteiger partial charge >= 0.3 is 0 Å². The summed E-state index contributed by atoms with van der Waals surface area (Å²) in [4.78, 5) is 5.35. The molecule has 1 atom stereocenters. The highest BCUT2D eigenvalue weighted by molar-refractivity contribution is 4.81. The normalized spacial score (nSPS) is 26.5. The lowest BCUT2D eigenvalue weighted by Crippen LogP contribution is -2.49. The molecule has 2 aliphatic rings. The second kappa shape index (κ2) is 6.72. The molecule has 100 valence electrons. The van der Waals surface area contributed by atoms with E-state index in [4.69, 9.17) is 5.73 Å². The third kappa shape index (κ3) is 4.23. The molecule has 2 fully saturated rings. The van der Waals surface area contributed by atoms with Gasteiger partial charge in [-0.2, -0.15) is 0 Å². The number of piperazine rings is 1. The van der Waals surface area contributed by atoms with Gasteiger partial charge in [-0.25, -0.2) is 0 Å². The zero-order valence-electron chi connectivity index (χ0n) is 11.4. The number of nitrogens with two attached hydrogens (primary N) is 1. The van der Waals surface area contributed by atoms with E-state index in [1.807, 2.05) is 0 Å². The fourth-order valence-corrected chi connectivity index (χ4v) is 3.26. The van der Waals surface area contributed by atoms with Crippen LogP contribution in [-0.2, 0) is 0 Å². The van der Waals surface area contributed by atoms with Crippen molar-refractivity contribution >= 4 is 0 Å². The summed E-state index contributed by atoms with van der Waals surface area (Å²) < 4.78 is 0. The van der Waals surface area contributed by atoms with Crippen LogP contribution in [0.4, 0.5) is 0 Å². The monoisotopic (exact) mass is 239 g/mol. The molecular weight excluding hydrogens is 210 g/mol. The first-order chi connectivity index (χ1) is 8.25. The number of rotatable bonds is 5. The predicted molar refractivity (Wildman–Crippen MR) is 73.2 cm³/mol. The highest BCUT2D eigenvalue weighted by Gasteiger charge is 2.25. The Balaban J connectivity index is 1.60. The lowest BCUT2D eigenvalue weighted by Gasteiger charge is -2.38. The van der Waals surface area contributed by atoms with Crippen LogP contribution in [0, 0.1) is 0 Å². The van der Waals surface area contributed by atoms with Gasteiger partial charge in [-0.1, -0.05) is 12.8 Å². The summed E-state index contributed by atoms with van der Waals surface area (Å²) in [6, 6.07) is 1.29. The second-order valence-electron chi connectivity index (χ2n) is 5.94. The molecule has 0 aromatic carbocycles. The molecule has 2 rings (SSSR count). The average molecular weight is 239 g/mol. The number of hydrogen-bond acceptors (Lipinski definition) is 3. The minimum Gasteiger partial charge on any atom is -0.328 e. The van der Waals surface area contributed by atoms with E-state index in [-0.39, 0.29) is 0 Å². The molecular formula is C14H29N3. The molecule has 3 nitrogen and oxygen atoms in total. The van der Waals surface area contributed by atoms with Crippen molar-refractivity contribution in [3.8, 4) is 0 Å². The molecule has 0 aromatic rings. The van der Waals surface area contributed by atoms with Crippen molar-refractivity contribution in [1.82, 2.24) is 9.80 Å². The van der Waals surface area contributed by atoms with E-state index in [1.165, 1.54) is 71.2 Å². The van der Waals surface area contributed by atoms with Crippen LogP contribution in [-0.4, -0.2) is 54.6 Å². The smallest absolute Gasteiger partial charge is 0.0113 e. The van der Waals surface area contributed by atoms with Gasteiger partial charge in [0.2, 0.25) is 0 Å². The maximum atomic E-state index is 5.79. The van der Waals surface area contributed by atoms with Crippen molar-refractivity contribution < 1.29 is 0 Å². The molecule has 1 aliphatic heterocycles. The van der Waals surface area contributed by atoms with E-state index in [2.05, 4.69) is 16.7 Å². The van der Waals surface area contributed by atoms with Gasteiger partial charge in [-0.3, -0.25) is 4.90 Å². The zero-order chi connectivity index (χ0) is 12.1. The average Bonchev–Trinajstić information content (AvgIpc) is 2.83. The van der Waals surface area contributed by atoms with Gasteiger partial charge in [0, 0.05) is 38.3 Å². The topological polar surface area (TPSA) is 32.5 Å². The van der Waals surface area contributed by atoms with E-state index in [0.717, 1.165) is 6.04 Å². The SMILES string of the molecule is CC(N)CCCN1CCN(C2CCCC2)CC1. The molecule has 0 aromatic heterocycles. The lowest BCUT2D eigenvalue weighted by atomic mass is 10.1. The summed E-state index contributed by atoms with van der Waals surface area (Å²) in [5.41, 5.74) is 5.79. The van der Waals surface area contributed by atoms with Crippen LogP contribution in [0.1, 0.15) is 45.4 Å². The van der Waals surface area contributed by atoms with Gasteiger partial charge in [0.15, 0.2) is 0 Å². The summed E-state index contributed by atoms with van der Waals surface area (Å²) >= 11 is 0. The summed E-state index contributed by atoms with van der Waals surface area (Å²) in [5, 5.41) is 0. The van der Waals surface area contributed by atoms with Gasteiger partial charge in [0.1, 0.15) is 0 Å². The van der Waals surface area contributed by atoms with Gasteiger partial charge in [-0.05, 0) is 39.2 Å². The molecule has 0 amide bonds. The molecule has 3 heteroatoms. The first-order valence-electron chi connectivity index (χ1n) is 7.47. The number of hydrogen-bond donors (Lipinski definition) is 1. The highest BCUT2D eigenvalue weighted by atomic mass is 15.3. The predicted octanol–water partition coefficient (Wildman–Crippen LogP) is 1.67. The fraction of sp³-hybridized carbons (Fsp3) is 1.00. The van der Waals surface area contributed by atoms with Crippen LogP contribution >= 0.6 is 0 Å². The zero-order valence-corrected chi connectivity index (χ0v) is 11.4. The van der Waals surface area contributed by atoms with Crippen LogP contribution in [0.5, 0.6) is 0 Å². The van der Waals surface area contributed by atoms with E-state index in [0.29, 0.717) is 6.04 Å². The van der Waals surface area contributed by atoms with Crippen molar-refractivity contribution in [1.29, 1.82) is 0 Å². The van der Waals surface area contributed by atoms with E-state index in [1.54, 1.807) is 0 Å². The highest BCUT2D eigenvalue weighted by Crippen LogP contribution is 2.24. The van der Waals surface area contributed by atoms with E-state index in [9.17, 15) is 0 Å². The maximum absolute atomic E-state index is 5.79. The fourth-order valence-electron chi connectivity index (χ4n) is 3.26. The van der Waals surface area contributed by atoms with Crippen molar-refractivity contribution in [3.63, 3.8) is 0 Å². The Morgan fingerprint density at radius 2 is 1.76 bits per heavy atom. The van der Waals surface area contributed by atoms with Gasteiger partial charge in [-0.15, -0.1) is 0 Å². The molecule has 1 unspecified atom stereocenters. The quantitative estimate of drug-likeness (QED) is 0.792. The first kappa shape index (κ1) is 13.3. The van der Waals surface area contributed by atoms with Crippen molar-refractivity contribution in [2.75, 3.05) is 32.7 Å². The molecule has 17 heavy (non-hydrogen) atoms. The third-order valence-corrected chi connectivity index (χ3v) is 4.38. The van der Waals surface area contributed by atoms with Crippen LogP contribution in [0.25, 0.3) is 0 Å². The Kier molecular flexibility index (Phi) is 5.26. The van der Waals surface area contributed by atoms with Crippen molar-refractivity contribution in [2.24, 2.45) is 5.73 Å². The van der Waals surface area contributed by atoms with Gasteiger partial charge in [0.25, 0.3) is 0 Å². The van der Waals surface area contributed by atoms with Gasteiger partial charge in [0.05, 0.1) is 0 Å². The molecule has 0 spiro atoms. The Bertz CT molecular complexity index is 204. The second-order valence-corrected chi connectivity index (χ2v) is 5.94. The molecule has 1 saturated heterocycles. The molecule has 0 radical (unpaired) electrons. The van der Waals surface area contributed by atoms with Crippen LogP contribution in [0.2, 0.25) is 0 Å². The summed E-state index contributed by atoms with van der Waals surface area (Å²) in [6.07, 6.45) is 8.25. The Morgan fingerprint density at radius 1 is 1.12 bits per heavy atom. The Morgan fingerprint density at radius 3 is 2.35 bits per heavy atom.